The summed E-state index contributed by atoms with van der Waals surface area (Å²) in [5, 5.41) is 14.1. The van der Waals surface area contributed by atoms with Crippen LogP contribution in [0.4, 0.5) is 5.69 Å². The van der Waals surface area contributed by atoms with Crippen molar-refractivity contribution < 1.29 is 19.5 Å². The first-order valence-electron chi connectivity index (χ1n) is 8.41. The molecule has 0 amide bonds. The number of carboxylic acid groups (broad SMARTS) is 1. The summed E-state index contributed by atoms with van der Waals surface area (Å²) in [6.45, 7) is 2.14. The van der Waals surface area contributed by atoms with Crippen LogP contribution in [0.15, 0.2) is 36.4 Å². The van der Waals surface area contributed by atoms with Crippen molar-refractivity contribution in [3.8, 4) is 0 Å². The Hall–Kier alpha value is -2.99. The van der Waals surface area contributed by atoms with E-state index in [0.29, 0.717) is 18.7 Å². The lowest BCUT2D eigenvalue weighted by molar-refractivity contribution is -0.138. The normalized spacial score (nSPS) is 12.6. The summed E-state index contributed by atoms with van der Waals surface area (Å²) >= 11 is 0. The van der Waals surface area contributed by atoms with E-state index >= 15 is 0 Å². The maximum atomic E-state index is 12.4. The van der Waals surface area contributed by atoms with E-state index in [-0.39, 0.29) is 24.7 Å². The Morgan fingerprint density at radius 1 is 1.12 bits per heavy atom. The fourth-order valence-electron chi connectivity index (χ4n) is 3.27. The molecule has 0 aromatic heterocycles. The van der Waals surface area contributed by atoms with Crippen LogP contribution in [0.2, 0.25) is 0 Å². The molecule has 2 aromatic carbocycles. The first kappa shape index (κ1) is 17.8. The Labute approximate surface area is 151 Å². The number of hydrogen-bond acceptors (Lipinski definition) is 5. The zero-order valence-corrected chi connectivity index (χ0v) is 14.5. The number of carbonyl (C=O) groups excluding carboxylic acids is 2. The van der Waals surface area contributed by atoms with E-state index in [1.807, 2.05) is 36.4 Å². The van der Waals surface area contributed by atoms with Crippen LogP contribution in [0.5, 0.6) is 0 Å². The highest BCUT2D eigenvalue weighted by molar-refractivity contribution is 6.23. The number of anilines is 1. The second-order valence-corrected chi connectivity index (χ2v) is 6.36. The largest absolute Gasteiger partial charge is 0.480 e. The van der Waals surface area contributed by atoms with Crippen molar-refractivity contribution in [3.05, 3.63) is 47.5 Å². The number of Topliss-reactive ketones (excluding diaryl/α,β-unsaturated/α-hetero) is 1. The van der Waals surface area contributed by atoms with Gasteiger partial charge in [-0.15, -0.1) is 0 Å². The van der Waals surface area contributed by atoms with Crippen molar-refractivity contribution in [1.29, 1.82) is 0 Å². The van der Waals surface area contributed by atoms with E-state index in [2.05, 4.69) is 5.32 Å². The van der Waals surface area contributed by atoms with Crippen LogP contribution in [0.25, 0.3) is 16.8 Å². The summed E-state index contributed by atoms with van der Waals surface area (Å²) in [5.41, 5.74) is 2.36. The van der Waals surface area contributed by atoms with E-state index in [1.54, 1.807) is 11.0 Å². The number of ketones is 2. The summed E-state index contributed by atoms with van der Waals surface area (Å²) < 4.78 is 0. The highest BCUT2D eigenvalue weighted by Gasteiger charge is 2.19. The molecule has 0 saturated heterocycles. The smallest absolute Gasteiger partial charge is 0.317 e. The fourth-order valence-corrected chi connectivity index (χ4v) is 3.27. The van der Waals surface area contributed by atoms with Crippen LogP contribution in [0.3, 0.4) is 0 Å². The second kappa shape index (κ2) is 7.49. The minimum absolute atomic E-state index is 0.0528. The minimum atomic E-state index is -0.975. The summed E-state index contributed by atoms with van der Waals surface area (Å²) in [6.07, 6.45) is 3.39. The monoisotopic (exact) mass is 352 g/mol. The molecule has 0 bridgehead atoms. The third kappa shape index (κ3) is 3.81. The zero-order chi connectivity index (χ0) is 18.7. The van der Waals surface area contributed by atoms with Crippen LogP contribution < -0.4 is 5.32 Å². The molecule has 1 aliphatic rings. The van der Waals surface area contributed by atoms with Gasteiger partial charge in [0.15, 0.2) is 5.78 Å². The quantitative estimate of drug-likeness (QED) is 0.759. The van der Waals surface area contributed by atoms with Gasteiger partial charge in [-0.1, -0.05) is 30.3 Å². The lowest BCUT2D eigenvalue weighted by Gasteiger charge is -2.21. The van der Waals surface area contributed by atoms with Crippen LogP contribution in [-0.2, 0) is 9.59 Å². The first-order valence-corrected chi connectivity index (χ1v) is 8.41. The zero-order valence-electron chi connectivity index (χ0n) is 14.5. The van der Waals surface area contributed by atoms with Gasteiger partial charge in [-0.25, -0.2) is 0 Å². The molecule has 1 aliphatic carbocycles. The Balaban J connectivity index is 1.79. The van der Waals surface area contributed by atoms with Crippen LogP contribution >= 0.6 is 0 Å². The number of rotatable bonds is 8. The van der Waals surface area contributed by atoms with E-state index in [4.69, 9.17) is 5.11 Å². The van der Waals surface area contributed by atoms with Crippen molar-refractivity contribution in [1.82, 2.24) is 4.90 Å². The van der Waals surface area contributed by atoms with Gasteiger partial charge in [0.2, 0.25) is 0 Å². The molecule has 0 fully saturated rings. The van der Waals surface area contributed by atoms with E-state index in [9.17, 15) is 14.4 Å². The minimum Gasteiger partial charge on any atom is -0.480 e. The van der Waals surface area contributed by atoms with Gasteiger partial charge < -0.3 is 10.4 Å². The van der Waals surface area contributed by atoms with Crippen molar-refractivity contribution in [2.45, 2.75) is 6.92 Å². The predicted octanol–water partition coefficient (Wildman–Crippen LogP) is 2.44. The number of hydrogen-bond donors (Lipinski definition) is 2. The Morgan fingerprint density at radius 2 is 1.92 bits per heavy atom. The van der Waals surface area contributed by atoms with E-state index in [0.717, 1.165) is 22.0 Å². The molecule has 0 atom stereocenters. The number of benzene rings is 2. The molecule has 0 unspecified atom stereocenters. The van der Waals surface area contributed by atoms with Crippen LogP contribution in [0, 0.1) is 0 Å². The number of aliphatic carboxylic acids is 1. The maximum absolute atomic E-state index is 12.4. The maximum Gasteiger partial charge on any atom is 0.317 e. The molecule has 134 valence electrons. The van der Waals surface area contributed by atoms with Gasteiger partial charge in [0.1, 0.15) is 5.78 Å². The summed E-state index contributed by atoms with van der Waals surface area (Å²) in [6, 6.07) is 9.73. The molecule has 2 N–H and O–H groups in total. The van der Waals surface area contributed by atoms with Gasteiger partial charge in [0.25, 0.3) is 0 Å². The van der Waals surface area contributed by atoms with E-state index < -0.39 is 5.97 Å². The molecule has 6 heteroatoms. The summed E-state index contributed by atoms with van der Waals surface area (Å²) in [7, 11) is 0. The number of allylic oxidation sites excluding steroid dienone is 1. The molecular formula is C20H20N2O4. The predicted molar refractivity (Wildman–Crippen MR) is 101 cm³/mol. The van der Waals surface area contributed by atoms with Crippen molar-refractivity contribution in [2.24, 2.45) is 0 Å². The highest BCUT2D eigenvalue weighted by atomic mass is 16.4. The van der Waals surface area contributed by atoms with Gasteiger partial charge in [-0.05, 0) is 30.0 Å². The Bertz CT molecular complexity index is 901. The van der Waals surface area contributed by atoms with Gasteiger partial charge in [-0.2, -0.15) is 0 Å². The lowest BCUT2D eigenvalue weighted by atomic mass is 9.91. The van der Waals surface area contributed by atoms with Crippen LogP contribution in [-0.4, -0.2) is 53.7 Å². The molecule has 3 rings (SSSR count). The molecule has 0 heterocycles. The number of nitrogens with zero attached hydrogens (tertiary/aromatic N) is 1. The number of carbonyl (C=O) groups is 3. The lowest BCUT2D eigenvalue weighted by Crippen LogP contribution is -2.37. The molecule has 0 spiro atoms. The Morgan fingerprint density at radius 3 is 2.65 bits per heavy atom. The van der Waals surface area contributed by atoms with Gasteiger partial charge in [0, 0.05) is 24.2 Å². The fraction of sp³-hybridized carbons (Fsp3) is 0.250. The molecule has 2 aromatic rings. The van der Waals surface area contributed by atoms with Crippen molar-refractivity contribution >= 4 is 40.1 Å². The summed E-state index contributed by atoms with van der Waals surface area (Å²) in [5.74, 6) is -1.11. The third-order valence-corrected chi connectivity index (χ3v) is 4.29. The average molecular weight is 352 g/mol. The molecule has 26 heavy (non-hydrogen) atoms. The van der Waals surface area contributed by atoms with Gasteiger partial charge in [0.05, 0.1) is 18.7 Å². The molecular weight excluding hydrogens is 332 g/mol. The second-order valence-electron chi connectivity index (χ2n) is 6.36. The summed E-state index contributed by atoms with van der Waals surface area (Å²) in [4.78, 5) is 36.2. The first-order chi connectivity index (χ1) is 12.5. The molecule has 0 aliphatic heterocycles. The topological polar surface area (TPSA) is 86.7 Å². The molecule has 0 saturated carbocycles. The molecule has 0 radical (unpaired) electrons. The van der Waals surface area contributed by atoms with Crippen molar-refractivity contribution in [3.63, 3.8) is 0 Å². The van der Waals surface area contributed by atoms with Gasteiger partial charge in [-0.3, -0.25) is 19.3 Å². The highest BCUT2D eigenvalue weighted by Crippen LogP contribution is 2.33. The average Bonchev–Trinajstić information content (AvgIpc) is 2.58. The van der Waals surface area contributed by atoms with Gasteiger partial charge >= 0.3 is 5.97 Å². The third-order valence-electron chi connectivity index (χ3n) is 4.29. The number of nitrogens with one attached hydrogen (secondary N) is 1. The SMILES string of the molecule is CC(=O)CN(CCNc1ccc2cccc3c2c1C(=O)C=C3)CC(=O)O. The standard InChI is InChI=1S/C20H20N2O4/c1-13(23)11-22(12-18(25)26)10-9-21-16-7-5-14-3-2-4-15-6-8-17(24)20(16)19(14)15/h2-8,21H,9-12H2,1H3,(H,25,26). The van der Waals surface area contributed by atoms with Crippen molar-refractivity contribution in [2.75, 3.05) is 31.5 Å². The van der Waals surface area contributed by atoms with Crippen LogP contribution in [0.1, 0.15) is 22.8 Å². The Kier molecular flexibility index (Phi) is 5.14. The van der Waals surface area contributed by atoms with E-state index in [1.165, 1.54) is 6.92 Å². The molecule has 6 nitrogen and oxygen atoms in total. The number of carboxylic acids is 1.